The number of rotatable bonds is 4. The van der Waals surface area contributed by atoms with E-state index in [4.69, 9.17) is 4.74 Å². The minimum atomic E-state index is -0.769. The lowest BCUT2D eigenvalue weighted by Crippen LogP contribution is -2.54. The summed E-state index contributed by atoms with van der Waals surface area (Å²) in [6, 6.07) is 17.5. The fourth-order valence-corrected chi connectivity index (χ4v) is 3.44. The van der Waals surface area contributed by atoms with Gasteiger partial charge in [-0.25, -0.2) is 9.69 Å². The number of imide groups is 2. The molecule has 4 rings (SSSR count). The van der Waals surface area contributed by atoms with Crippen molar-refractivity contribution in [3.8, 4) is 5.75 Å². The van der Waals surface area contributed by atoms with E-state index >= 15 is 0 Å². The van der Waals surface area contributed by atoms with Crippen LogP contribution in [0.4, 0.5) is 10.5 Å². The van der Waals surface area contributed by atoms with Gasteiger partial charge >= 0.3 is 6.03 Å². The Labute approximate surface area is 173 Å². The van der Waals surface area contributed by atoms with Gasteiger partial charge < -0.3 is 4.74 Å². The van der Waals surface area contributed by atoms with E-state index in [1.807, 2.05) is 50.2 Å². The van der Waals surface area contributed by atoms with Gasteiger partial charge in [-0.1, -0.05) is 48.0 Å². The number of hydrogen-bond donors (Lipinski definition) is 1. The minimum Gasteiger partial charge on any atom is -0.493 e. The Hall–Kier alpha value is -3.93. The van der Waals surface area contributed by atoms with Crippen LogP contribution in [-0.4, -0.2) is 24.5 Å². The third-order valence-corrected chi connectivity index (χ3v) is 4.91. The van der Waals surface area contributed by atoms with Gasteiger partial charge in [-0.15, -0.1) is 0 Å². The molecule has 1 heterocycles. The van der Waals surface area contributed by atoms with Gasteiger partial charge in [-0.2, -0.15) is 0 Å². The smallest absolute Gasteiger partial charge is 0.335 e. The van der Waals surface area contributed by atoms with E-state index in [-0.39, 0.29) is 5.57 Å². The van der Waals surface area contributed by atoms with Gasteiger partial charge in [0.15, 0.2) is 0 Å². The number of carbonyl (C=O) groups excluding carboxylic acids is 3. The van der Waals surface area contributed by atoms with Gasteiger partial charge in [-0.3, -0.25) is 14.9 Å². The maximum atomic E-state index is 13.2. The first-order chi connectivity index (χ1) is 14.5. The highest BCUT2D eigenvalue weighted by atomic mass is 16.5. The van der Waals surface area contributed by atoms with Gasteiger partial charge in [0, 0.05) is 5.56 Å². The molecule has 0 unspecified atom stereocenters. The van der Waals surface area contributed by atoms with Crippen molar-refractivity contribution >= 4 is 40.4 Å². The maximum absolute atomic E-state index is 13.2. The van der Waals surface area contributed by atoms with E-state index in [1.54, 1.807) is 24.3 Å². The first-order valence-corrected chi connectivity index (χ1v) is 9.62. The lowest BCUT2D eigenvalue weighted by Gasteiger charge is -2.26. The molecule has 30 heavy (non-hydrogen) atoms. The second-order valence-electron chi connectivity index (χ2n) is 6.92. The van der Waals surface area contributed by atoms with E-state index in [2.05, 4.69) is 5.32 Å². The SMILES string of the molecule is CCOc1ccc2ccccc2c1C=C1C(=O)NC(=O)N(c2ccc(C)cc2)C1=O. The van der Waals surface area contributed by atoms with Crippen molar-refractivity contribution in [1.29, 1.82) is 0 Å². The minimum absolute atomic E-state index is 0.132. The number of urea groups is 1. The summed E-state index contributed by atoms with van der Waals surface area (Å²) < 4.78 is 5.73. The third-order valence-electron chi connectivity index (χ3n) is 4.91. The number of anilines is 1. The van der Waals surface area contributed by atoms with E-state index in [0.717, 1.165) is 21.2 Å². The number of barbiturate groups is 1. The zero-order chi connectivity index (χ0) is 21.3. The molecule has 0 aliphatic carbocycles. The molecular formula is C24H20N2O4. The topological polar surface area (TPSA) is 75.7 Å². The van der Waals surface area contributed by atoms with Crippen LogP contribution in [0.1, 0.15) is 18.1 Å². The largest absolute Gasteiger partial charge is 0.493 e. The molecule has 3 aromatic rings. The molecule has 0 atom stereocenters. The third kappa shape index (κ3) is 3.43. The quantitative estimate of drug-likeness (QED) is 0.526. The number of carbonyl (C=O) groups is 3. The number of fused-ring (bicyclic) bond motifs is 1. The van der Waals surface area contributed by atoms with E-state index < -0.39 is 17.8 Å². The lowest BCUT2D eigenvalue weighted by atomic mass is 9.99. The van der Waals surface area contributed by atoms with Crippen LogP contribution in [0.2, 0.25) is 0 Å². The highest BCUT2D eigenvalue weighted by Gasteiger charge is 2.37. The fourth-order valence-electron chi connectivity index (χ4n) is 3.44. The lowest BCUT2D eigenvalue weighted by molar-refractivity contribution is -0.122. The van der Waals surface area contributed by atoms with Crippen molar-refractivity contribution in [2.45, 2.75) is 13.8 Å². The Bertz CT molecular complexity index is 1200. The Kier molecular flexibility index (Phi) is 5.06. The first-order valence-electron chi connectivity index (χ1n) is 9.62. The van der Waals surface area contributed by atoms with Crippen LogP contribution >= 0.6 is 0 Å². The summed E-state index contributed by atoms with van der Waals surface area (Å²) in [7, 11) is 0. The Morgan fingerprint density at radius 2 is 1.70 bits per heavy atom. The monoisotopic (exact) mass is 400 g/mol. The van der Waals surface area contributed by atoms with Crippen molar-refractivity contribution in [3.05, 3.63) is 77.4 Å². The first kappa shape index (κ1) is 19.4. The molecule has 1 aliphatic heterocycles. The number of hydrogen-bond acceptors (Lipinski definition) is 4. The molecule has 0 spiro atoms. The van der Waals surface area contributed by atoms with E-state index in [9.17, 15) is 14.4 Å². The van der Waals surface area contributed by atoms with Crippen molar-refractivity contribution in [2.75, 3.05) is 11.5 Å². The summed E-state index contributed by atoms with van der Waals surface area (Å²) in [4.78, 5) is 39.1. The number of amides is 4. The highest BCUT2D eigenvalue weighted by molar-refractivity contribution is 6.39. The molecule has 0 saturated carbocycles. The standard InChI is InChI=1S/C24H20N2O4/c1-3-30-21-13-10-16-6-4-5-7-18(16)19(21)14-20-22(27)25-24(29)26(23(20)28)17-11-8-15(2)9-12-17/h4-14H,3H2,1-2H3,(H,25,27,29). The Balaban J connectivity index is 1.85. The molecule has 0 bridgehead atoms. The molecular weight excluding hydrogens is 380 g/mol. The normalized spacial score (nSPS) is 15.6. The van der Waals surface area contributed by atoms with Crippen LogP contribution < -0.4 is 15.0 Å². The Morgan fingerprint density at radius 1 is 0.967 bits per heavy atom. The zero-order valence-electron chi connectivity index (χ0n) is 16.6. The highest BCUT2D eigenvalue weighted by Crippen LogP contribution is 2.31. The summed E-state index contributed by atoms with van der Waals surface area (Å²) in [5.41, 5.74) is 1.87. The molecule has 0 aromatic heterocycles. The molecule has 0 radical (unpaired) electrons. The molecule has 6 nitrogen and oxygen atoms in total. The van der Waals surface area contributed by atoms with Crippen molar-refractivity contribution in [1.82, 2.24) is 5.32 Å². The van der Waals surface area contributed by atoms with Crippen LogP contribution in [0.25, 0.3) is 16.8 Å². The van der Waals surface area contributed by atoms with Gasteiger partial charge in [0.2, 0.25) is 0 Å². The number of ether oxygens (including phenoxy) is 1. The van der Waals surface area contributed by atoms with Gasteiger partial charge in [-0.05, 0) is 48.9 Å². The molecule has 1 N–H and O–H groups in total. The van der Waals surface area contributed by atoms with Gasteiger partial charge in [0.05, 0.1) is 12.3 Å². The van der Waals surface area contributed by atoms with Gasteiger partial charge in [0.25, 0.3) is 11.8 Å². The zero-order valence-corrected chi connectivity index (χ0v) is 16.6. The second-order valence-corrected chi connectivity index (χ2v) is 6.92. The maximum Gasteiger partial charge on any atom is 0.335 e. The number of nitrogens with zero attached hydrogens (tertiary/aromatic N) is 1. The summed E-state index contributed by atoms with van der Waals surface area (Å²) in [6.07, 6.45) is 1.50. The average Bonchev–Trinajstić information content (AvgIpc) is 2.73. The van der Waals surface area contributed by atoms with Crippen molar-refractivity contribution in [3.63, 3.8) is 0 Å². The van der Waals surface area contributed by atoms with E-state index in [1.165, 1.54) is 6.08 Å². The van der Waals surface area contributed by atoms with Crippen LogP contribution in [-0.2, 0) is 9.59 Å². The summed E-state index contributed by atoms with van der Waals surface area (Å²) in [5, 5.41) is 4.05. The molecule has 1 saturated heterocycles. The van der Waals surface area contributed by atoms with Crippen molar-refractivity contribution in [2.24, 2.45) is 0 Å². The van der Waals surface area contributed by atoms with E-state index in [0.29, 0.717) is 23.6 Å². The van der Waals surface area contributed by atoms with Crippen molar-refractivity contribution < 1.29 is 19.1 Å². The van der Waals surface area contributed by atoms with Crippen LogP contribution in [0, 0.1) is 6.92 Å². The average molecular weight is 400 g/mol. The fraction of sp³-hybridized carbons (Fsp3) is 0.125. The molecule has 1 fully saturated rings. The summed E-state index contributed by atoms with van der Waals surface area (Å²) in [5.74, 6) is -0.852. The summed E-state index contributed by atoms with van der Waals surface area (Å²) in [6.45, 7) is 4.21. The number of benzene rings is 3. The number of nitrogens with one attached hydrogen (secondary N) is 1. The predicted octanol–water partition coefficient (Wildman–Crippen LogP) is 4.21. The van der Waals surface area contributed by atoms with Gasteiger partial charge in [0.1, 0.15) is 11.3 Å². The molecule has 6 heteroatoms. The number of aryl methyl sites for hydroxylation is 1. The van der Waals surface area contributed by atoms with Crippen LogP contribution in [0.15, 0.2) is 66.2 Å². The van der Waals surface area contributed by atoms with Crippen LogP contribution in [0.5, 0.6) is 5.75 Å². The Morgan fingerprint density at radius 3 is 2.43 bits per heavy atom. The predicted molar refractivity (Wildman–Crippen MR) is 115 cm³/mol. The molecule has 1 aliphatic rings. The van der Waals surface area contributed by atoms with Crippen LogP contribution in [0.3, 0.4) is 0 Å². The second kappa shape index (κ2) is 7.83. The molecule has 150 valence electrons. The summed E-state index contributed by atoms with van der Waals surface area (Å²) >= 11 is 0. The molecule has 3 aromatic carbocycles. The molecule has 4 amide bonds.